The van der Waals surface area contributed by atoms with Gasteiger partial charge in [-0.3, -0.25) is 0 Å². The first-order chi connectivity index (χ1) is 11.4. The molecule has 0 radical (unpaired) electrons. The Hall–Kier alpha value is -1.64. The minimum Gasteiger partial charge on any atom is -0.496 e. The highest BCUT2D eigenvalue weighted by molar-refractivity contribution is 7.91. The lowest BCUT2D eigenvalue weighted by molar-refractivity contribution is 0.407. The Morgan fingerprint density at radius 3 is 3.00 bits per heavy atom. The van der Waals surface area contributed by atoms with Gasteiger partial charge < -0.3 is 10.1 Å². The number of ether oxygens (including phenoxy) is 1. The highest BCUT2D eigenvalue weighted by Crippen LogP contribution is 2.23. The van der Waals surface area contributed by atoms with E-state index >= 15 is 0 Å². The van der Waals surface area contributed by atoms with Crippen molar-refractivity contribution in [3.8, 4) is 5.75 Å². The number of halogens is 1. The van der Waals surface area contributed by atoms with Crippen LogP contribution in [-0.2, 0) is 22.9 Å². The number of sulfone groups is 1. The largest absolute Gasteiger partial charge is 0.496 e. The molecule has 130 valence electrons. The summed E-state index contributed by atoms with van der Waals surface area (Å²) < 4.78 is 29.9. The summed E-state index contributed by atoms with van der Waals surface area (Å²) in [4.78, 5) is 0. The molecule has 0 spiro atoms. The van der Waals surface area contributed by atoms with Gasteiger partial charge in [0.2, 0.25) is 0 Å². The summed E-state index contributed by atoms with van der Waals surface area (Å²) in [5.41, 5.74) is 1.72. The summed E-state index contributed by atoms with van der Waals surface area (Å²) in [6, 6.07) is 5.46. The average Bonchev–Trinajstić information content (AvgIpc) is 3.13. The molecular formula is C15H19ClN4O3S. The Balaban J connectivity index is 1.60. The molecule has 9 heteroatoms. The van der Waals surface area contributed by atoms with Crippen LogP contribution in [0, 0.1) is 0 Å². The van der Waals surface area contributed by atoms with Gasteiger partial charge in [-0.15, -0.1) is 5.10 Å². The van der Waals surface area contributed by atoms with Crippen molar-refractivity contribution in [3.05, 3.63) is 40.7 Å². The van der Waals surface area contributed by atoms with Crippen LogP contribution in [0.3, 0.4) is 0 Å². The molecule has 2 aromatic rings. The Morgan fingerprint density at radius 1 is 1.46 bits per heavy atom. The summed E-state index contributed by atoms with van der Waals surface area (Å²) in [5.74, 6) is 1.16. The smallest absolute Gasteiger partial charge is 0.151 e. The van der Waals surface area contributed by atoms with Crippen LogP contribution in [0.15, 0.2) is 24.4 Å². The van der Waals surface area contributed by atoms with Crippen molar-refractivity contribution in [1.82, 2.24) is 20.3 Å². The van der Waals surface area contributed by atoms with E-state index < -0.39 is 9.84 Å². The van der Waals surface area contributed by atoms with Gasteiger partial charge >= 0.3 is 0 Å². The predicted octanol–water partition coefficient (Wildman–Crippen LogP) is 1.27. The number of hydrogen-bond donors (Lipinski definition) is 1. The van der Waals surface area contributed by atoms with Crippen LogP contribution in [0.5, 0.6) is 5.75 Å². The lowest BCUT2D eigenvalue weighted by atomic mass is 10.2. The Labute approximate surface area is 145 Å². The fourth-order valence-corrected chi connectivity index (χ4v) is 4.60. The predicted molar refractivity (Wildman–Crippen MR) is 91.0 cm³/mol. The van der Waals surface area contributed by atoms with Crippen molar-refractivity contribution in [1.29, 1.82) is 0 Å². The number of methoxy groups -OCH3 is 1. The molecule has 1 N–H and O–H groups in total. The first kappa shape index (κ1) is 17.2. The van der Waals surface area contributed by atoms with E-state index in [0.29, 0.717) is 30.3 Å². The van der Waals surface area contributed by atoms with Crippen molar-refractivity contribution >= 4 is 21.4 Å². The number of nitrogens with zero attached hydrogens (tertiary/aromatic N) is 3. The van der Waals surface area contributed by atoms with Gasteiger partial charge in [-0.05, 0) is 18.6 Å². The summed E-state index contributed by atoms with van der Waals surface area (Å²) >= 11 is 5.96. The molecule has 1 aromatic heterocycles. The molecule has 7 nitrogen and oxygen atoms in total. The fraction of sp³-hybridized carbons (Fsp3) is 0.467. The minimum absolute atomic E-state index is 0.00323. The Bertz CT molecular complexity index is 822. The third-order valence-corrected chi connectivity index (χ3v) is 5.97. The van der Waals surface area contributed by atoms with Crippen molar-refractivity contribution in [2.24, 2.45) is 0 Å². The van der Waals surface area contributed by atoms with E-state index in [1.54, 1.807) is 23.9 Å². The number of rotatable bonds is 6. The van der Waals surface area contributed by atoms with Crippen LogP contribution in [0.4, 0.5) is 0 Å². The Morgan fingerprint density at radius 2 is 2.29 bits per heavy atom. The van der Waals surface area contributed by atoms with Gasteiger partial charge in [-0.25, -0.2) is 13.1 Å². The fourth-order valence-electron chi connectivity index (χ4n) is 2.73. The van der Waals surface area contributed by atoms with E-state index in [9.17, 15) is 8.42 Å². The quantitative estimate of drug-likeness (QED) is 0.824. The van der Waals surface area contributed by atoms with Gasteiger partial charge in [0, 0.05) is 23.2 Å². The molecule has 1 saturated heterocycles. The molecular weight excluding hydrogens is 352 g/mol. The molecule has 0 saturated carbocycles. The zero-order valence-corrected chi connectivity index (χ0v) is 14.8. The molecule has 1 aromatic carbocycles. The molecule has 2 heterocycles. The maximum Gasteiger partial charge on any atom is 0.151 e. The van der Waals surface area contributed by atoms with Gasteiger partial charge in [0.15, 0.2) is 9.84 Å². The molecule has 1 fully saturated rings. The van der Waals surface area contributed by atoms with Crippen LogP contribution in [0.2, 0.25) is 5.02 Å². The highest BCUT2D eigenvalue weighted by atomic mass is 35.5. The van der Waals surface area contributed by atoms with Crippen molar-refractivity contribution < 1.29 is 13.2 Å². The standard InChI is InChI=1S/C15H19ClN4O3S/c1-23-15-6-12(16)3-2-11(15)8-20-9-14(18-19-20)7-17-13-4-5-24(21,22)10-13/h2-3,6,9,13,17H,4-5,7-8,10H2,1H3. The first-order valence-corrected chi connectivity index (χ1v) is 9.80. The average molecular weight is 371 g/mol. The molecule has 0 aliphatic carbocycles. The van der Waals surface area contributed by atoms with Crippen LogP contribution in [0.25, 0.3) is 0 Å². The van der Waals surface area contributed by atoms with Gasteiger partial charge in [0.1, 0.15) is 5.75 Å². The SMILES string of the molecule is COc1cc(Cl)ccc1Cn1cc(CNC2CCS(=O)(=O)C2)nn1. The molecule has 1 unspecified atom stereocenters. The van der Waals surface area contributed by atoms with Crippen molar-refractivity contribution in [3.63, 3.8) is 0 Å². The van der Waals surface area contributed by atoms with Gasteiger partial charge in [0.25, 0.3) is 0 Å². The lowest BCUT2D eigenvalue weighted by Crippen LogP contribution is -2.29. The number of nitrogens with one attached hydrogen (secondary N) is 1. The summed E-state index contributed by atoms with van der Waals surface area (Å²) in [7, 11) is -1.28. The second-order valence-electron chi connectivity index (χ2n) is 5.84. The van der Waals surface area contributed by atoms with Crippen LogP contribution < -0.4 is 10.1 Å². The van der Waals surface area contributed by atoms with E-state index in [1.807, 2.05) is 12.3 Å². The van der Waals surface area contributed by atoms with Crippen molar-refractivity contribution in [2.45, 2.75) is 25.6 Å². The van der Waals surface area contributed by atoms with Gasteiger partial charge in [0.05, 0.1) is 37.1 Å². The summed E-state index contributed by atoms with van der Waals surface area (Å²) in [6.07, 6.45) is 2.49. The van der Waals surface area contributed by atoms with Crippen LogP contribution >= 0.6 is 11.6 Å². The molecule has 3 rings (SSSR count). The molecule has 0 bridgehead atoms. The number of hydrogen-bond acceptors (Lipinski definition) is 6. The number of aromatic nitrogens is 3. The second kappa shape index (κ2) is 7.08. The van der Waals surface area contributed by atoms with E-state index in [2.05, 4.69) is 15.6 Å². The zero-order valence-electron chi connectivity index (χ0n) is 13.3. The zero-order chi connectivity index (χ0) is 17.2. The maximum absolute atomic E-state index is 11.5. The van der Waals surface area contributed by atoms with E-state index in [4.69, 9.17) is 16.3 Å². The van der Waals surface area contributed by atoms with Gasteiger partial charge in [-0.1, -0.05) is 22.9 Å². The molecule has 1 atom stereocenters. The highest BCUT2D eigenvalue weighted by Gasteiger charge is 2.27. The molecule has 1 aliphatic rings. The lowest BCUT2D eigenvalue weighted by Gasteiger charge is -2.09. The third kappa shape index (κ3) is 4.25. The Kier molecular flexibility index (Phi) is 5.07. The second-order valence-corrected chi connectivity index (χ2v) is 8.51. The monoisotopic (exact) mass is 370 g/mol. The first-order valence-electron chi connectivity index (χ1n) is 7.60. The summed E-state index contributed by atoms with van der Waals surface area (Å²) in [5, 5.41) is 12.1. The minimum atomic E-state index is -2.87. The number of benzene rings is 1. The molecule has 1 aliphatic heterocycles. The van der Waals surface area contributed by atoms with Gasteiger partial charge in [-0.2, -0.15) is 0 Å². The van der Waals surface area contributed by atoms with E-state index in [-0.39, 0.29) is 17.5 Å². The van der Waals surface area contributed by atoms with E-state index in [0.717, 1.165) is 11.3 Å². The van der Waals surface area contributed by atoms with Crippen LogP contribution in [0.1, 0.15) is 17.7 Å². The molecule has 24 heavy (non-hydrogen) atoms. The topological polar surface area (TPSA) is 86.1 Å². The third-order valence-electron chi connectivity index (χ3n) is 3.97. The summed E-state index contributed by atoms with van der Waals surface area (Å²) in [6.45, 7) is 1.02. The van der Waals surface area contributed by atoms with Crippen LogP contribution in [-0.4, -0.2) is 48.1 Å². The van der Waals surface area contributed by atoms with E-state index in [1.165, 1.54) is 0 Å². The maximum atomic E-state index is 11.5. The molecule has 0 amide bonds. The normalized spacial score (nSPS) is 19.5. The van der Waals surface area contributed by atoms with Crippen molar-refractivity contribution in [2.75, 3.05) is 18.6 Å².